The summed E-state index contributed by atoms with van der Waals surface area (Å²) in [5.41, 5.74) is 4.59. The van der Waals surface area contributed by atoms with Crippen molar-refractivity contribution >= 4 is 22.9 Å². The minimum atomic E-state index is -0.0303. The van der Waals surface area contributed by atoms with Gasteiger partial charge in [0.15, 0.2) is 0 Å². The maximum Gasteiger partial charge on any atom is 0.232 e. The predicted octanol–water partition coefficient (Wildman–Crippen LogP) is 3.64. The van der Waals surface area contributed by atoms with Crippen molar-refractivity contribution in [1.82, 2.24) is 0 Å². The Hall–Kier alpha value is -1.61. The van der Waals surface area contributed by atoms with Crippen LogP contribution in [0.4, 0.5) is 5.69 Å². The summed E-state index contributed by atoms with van der Waals surface area (Å²) in [5, 5.41) is 5.11. The molecule has 0 aliphatic carbocycles. The molecular formula is C15H15NOS. The molecule has 0 radical (unpaired) electrons. The number of anilines is 1. The van der Waals surface area contributed by atoms with Crippen LogP contribution in [0.5, 0.6) is 0 Å². The third kappa shape index (κ3) is 1.75. The summed E-state index contributed by atoms with van der Waals surface area (Å²) in [6.07, 6.45) is 0.811. The normalized spacial score (nSPS) is 17.7. The lowest BCUT2D eigenvalue weighted by Gasteiger charge is -2.08. The Morgan fingerprint density at radius 3 is 2.78 bits per heavy atom. The molecule has 1 N–H and O–H groups in total. The number of thiophene rings is 1. The van der Waals surface area contributed by atoms with Crippen LogP contribution in [0, 0.1) is 13.8 Å². The van der Waals surface area contributed by atoms with Crippen LogP contribution in [-0.2, 0) is 11.2 Å². The van der Waals surface area contributed by atoms with Crippen LogP contribution in [0.25, 0.3) is 0 Å². The van der Waals surface area contributed by atoms with Crippen LogP contribution in [0.3, 0.4) is 0 Å². The standard InChI is InChI=1S/C15H15NOS/c1-9-6-7-18-13(9)8-12-11-5-3-4-10(2)14(11)16-15(12)17/h3-7,12H,8H2,1-2H3,(H,16,17). The van der Waals surface area contributed by atoms with Gasteiger partial charge in [0.25, 0.3) is 0 Å². The van der Waals surface area contributed by atoms with Crippen LogP contribution in [-0.4, -0.2) is 5.91 Å². The second kappa shape index (κ2) is 4.25. The Morgan fingerprint density at radius 2 is 2.06 bits per heavy atom. The molecule has 1 aliphatic rings. The molecule has 2 aromatic rings. The Kier molecular flexibility index (Phi) is 2.71. The molecule has 1 aromatic carbocycles. The van der Waals surface area contributed by atoms with Gasteiger partial charge in [-0.2, -0.15) is 0 Å². The van der Waals surface area contributed by atoms with Gasteiger partial charge in [-0.25, -0.2) is 0 Å². The molecule has 0 saturated heterocycles. The van der Waals surface area contributed by atoms with E-state index in [2.05, 4.69) is 29.8 Å². The van der Waals surface area contributed by atoms with Crippen molar-refractivity contribution < 1.29 is 4.79 Å². The molecule has 1 aromatic heterocycles. The van der Waals surface area contributed by atoms with Crippen molar-refractivity contribution in [2.45, 2.75) is 26.2 Å². The minimum Gasteiger partial charge on any atom is -0.325 e. The smallest absolute Gasteiger partial charge is 0.232 e. The number of carbonyl (C=O) groups is 1. The number of benzene rings is 1. The largest absolute Gasteiger partial charge is 0.325 e. The van der Waals surface area contributed by atoms with Crippen molar-refractivity contribution in [3.63, 3.8) is 0 Å². The molecule has 1 amide bonds. The van der Waals surface area contributed by atoms with Crippen molar-refractivity contribution in [3.8, 4) is 0 Å². The highest BCUT2D eigenvalue weighted by Crippen LogP contribution is 2.37. The lowest BCUT2D eigenvalue weighted by molar-refractivity contribution is -0.117. The van der Waals surface area contributed by atoms with Crippen LogP contribution in [0.2, 0.25) is 0 Å². The zero-order chi connectivity index (χ0) is 12.7. The number of aryl methyl sites for hydroxylation is 2. The first-order valence-electron chi connectivity index (χ1n) is 6.10. The summed E-state index contributed by atoms with van der Waals surface area (Å²) >= 11 is 1.74. The van der Waals surface area contributed by atoms with Gasteiger partial charge in [0, 0.05) is 10.6 Å². The van der Waals surface area contributed by atoms with Crippen LogP contribution >= 0.6 is 11.3 Å². The summed E-state index contributed by atoms with van der Waals surface area (Å²) in [4.78, 5) is 13.4. The number of carbonyl (C=O) groups excluding carboxylic acids is 1. The second-order valence-electron chi connectivity index (χ2n) is 4.81. The average Bonchev–Trinajstić information content (AvgIpc) is 2.87. The summed E-state index contributed by atoms with van der Waals surface area (Å²) in [6.45, 7) is 4.15. The van der Waals surface area contributed by atoms with Gasteiger partial charge in [0.1, 0.15) is 0 Å². The van der Waals surface area contributed by atoms with Crippen molar-refractivity contribution in [2.75, 3.05) is 5.32 Å². The van der Waals surface area contributed by atoms with Gasteiger partial charge in [-0.05, 0) is 48.4 Å². The Balaban J connectivity index is 1.98. The molecule has 3 rings (SSSR count). The quantitative estimate of drug-likeness (QED) is 0.874. The maximum absolute atomic E-state index is 12.1. The van der Waals surface area contributed by atoms with Gasteiger partial charge >= 0.3 is 0 Å². The van der Waals surface area contributed by atoms with Gasteiger partial charge < -0.3 is 5.32 Å². The van der Waals surface area contributed by atoms with E-state index in [0.717, 1.165) is 23.2 Å². The van der Waals surface area contributed by atoms with E-state index in [4.69, 9.17) is 0 Å². The summed E-state index contributed by atoms with van der Waals surface area (Å²) in [6, 6.07) is 8.25. The Morgan fingerprint density at radius 1 is 1.22 bits per heavy atom. The topological polar surface area (TPSA) is 29.1 Å². The van der Waals surface area contributed by atoms with E-state index in [9.17, 15) is 4.79 Å². The minimum absolute atomic E-state index is 0.0303. The van der Waals surface area contributed by atoms with Crippen molar-refractivity contribution in [3.05, 3.63) is 51.2 Å². The first kappa shape index (κ1) is 11.5. The number of para-hydroxylation sites is 1. The molecule has 0 bridgehead atoms. The van der Waals surface area contributed by atoms with Crippen molar-refractivity contribution in [1.29, 1.82) is 0 Å². The maximum atomic E-state index is 12.1. The molecule has 3 heteroatoms. The fourth-order valence-corrected chi connectivity index (χ4v) is 3.46. The highest BCUT2D eigenvalue weighted by Gasteiger charge is 2.31. The highest BCUT2D eigenvalue weighted by atomic mass is 32.1. The number of fused-ring (bicyclic) bond motifs is 1. The van der Waals surface area contributed by atoms with E-state index < -0.39 is 0 Å². The molecule has 92 valence electrons. The molecule has 1 unspecified atom stereocenters. The van der Waals surface area contributed by atoms with Crippen LogP contribution in [0.15, 0.2) is 29.6 Å². The van der Waals surface area contributed by atoms with E-state index in [1.165, 1.54) is 10.4 Å². The molecule has 1 aliphatic heterocycles. The number of nitrogens with one attached hydrogen (secondary N) is 1. The third-order valence-electron chi connectivity index (χ3n) is 3.60. The van der Waals surface area contributed by atoms with Gasteiger partial charge in [0.05, 0.1) is 5.92 Å². The number of hydrogen-bond donors (Lipinski definition) is 1. The van der Waals surface area contributed by atoms with Crippen LogP contribution in [0.1, 0.15) is 27.5 Å². The monoisotopic (exact) mass is 257 g/mol. The second-order valence-corrected chi connectivity index (χ2v) is 5.81. The average molecular weight is 257 g/mol. The van der Waals surface area contributed by atoms with Gasteiger partial charge in [-0.1, -0.05) is 18.2 Å². The SMILES string of the molecule is Cc1ccsc1CC1C(=O)Nc2c(C)cccc21. The predicted molar refractivity (Wildman–Crippen MR) is 75.3 cm³/mol. The molecule has 2 heterocycles. The molecule has 0 spiro atoms. The first-order valence-corrected chi connectivity index (χ1v) is 6.98. The lowest BCUT2D eigenvalue weighted by Crippen LogP contribution is -2.14. The van der Waals surface area contributed by atoms with E-state index >= 15 is 0 Å². The summed E-state index contributed by atoms with van der Waals surface area (Å²) < 4.78 is 0. The van der Waals surface area contributed by atoms with Gasteiger partial charge in [0.2, 0.25) is 5.91 Å². The van der Waals surface area contributed by atoms with E-state index in [-0.39, 0.29) is 11.8 Å². The van der Waals surface area contributed by atoms with Gasteiger partial charge in [-0.3, -0.25) is 4.79 Å². The molecule has 0 saturated carbocycles. The molecule has 18 heavy (non-hydrogen) atoms. The zero-order valence-electron chi connectivity index (χ0n) is 10.5. The molecule has 1 atom stereocenters. The number of rotatable bonds is 2. The fourth-order valence-electron chi connectivity index (χ4n) is 2.50. The van der Waals surface area contributed by atoms with Crippen LogP contribution < -0.4 is 5.32 Å². The van der Waals surface area contributed by atoms with E-state index in [1.54, 1.807) is 11.3 Å². The first-order chi connectivity index (χ1) is 8.66. The Bertz CT molecular complexity index is 615. The Labute approximate surface area is 111 Å². The van der Waals surface area contributed by atoms with E-state index in [0.29, 0.717) is 0 Å². The third-order valence-corrected chi connectivity index (χ3v) is 4.65. The molecular weight excluding hydrogens is 242 g/mol. The summed E-state index contributed by atoms with van der Waals surface area (Å²) in [5.74, 6) is 0.101. The molecule has 2 nitrogen and oxygen atoms in total. The molecule has 0 fully saturated rings. The van der Waals surface area contributed by atoms with Gasteiger partial charge in [-0.15, -0.1) is 11.3 Å². The highest BCUT2D eigenvalue weighted by molar-refractivity contribution is 7.10. The zero-order valence-corrected chi connectivity index (χ0v) is 11.3. The van der Waals surface area contributed by atoms with E-state index in [1.807, 2.05) is 19.1 Å². The summed E-state index contributed by atoms with van der Waals surface area (Å²) in [7, 11) is 0. The fraction of sp³-hybridized carbons (Fsp3) is 0.267. The number of hydrogen-bond acceptors (Lipinski definition) is 2. The lowest BCUT2D eigenvalue weighted by atomic mass is 9.94. The van der Waals surface area contributed by atoms with Crippen molar-refractivity contribution in [2.24, 2.45) is 0 Å². The number of amides is 1.